The minimum atomic E-state index is -3.82. The van der Waals surface area contributed by atoms with Crippen molar-refractivity contribution in [1.29, 1.82) is 5.41 Å². The highest BCUT2D eigenvalue weighted by Gasteiger charge is 2.31. The van der Waals surface area contributed by atoms with Crippen molar-refractivity contribution < 1.29 is 27.9 Å². The van der Waals surface area contributed by atoms with E-state index in [1.807, 2.05) is 0 Å². The van der Waals surface area contributed by atoms with Crippen LogP contribution < -0.4 is 26.4 Å². The third-order valence-electron chi connectivity index (χ3n) is 4.99. The van der Waals surface area contributed by atoms with E-state index in [9.17, 15) is 27.9 Å². The number of rotatable bonds is 15. The summed E-state index contributed by atoms with van der Waals surface area (Å²) < 4.78 is 26.4. The normalized spacial score (nSPS) is 13.8. The lowest BCUT2D eigenvalue weighted by molar-refractivity contribution is -0.131. The second kappa shape index (κ2) is 14.4. The van der Waals surface area contributed by atoms with Crippen LogP contribution in [0.15, 0.2) is 24.3 Å². The van der Waals surface area contributed by atoms with Gasteiger partial charge in [-0.15, -0.1) is 0 Å². The van der Waals surface area contributed by atoms with Crippen LogP contribution in [0.1, 0.15) is 51.2 Å². The number of aliphatic hydroxyl groups is 1. The van der Waals surface area contributed by atoms with Crippen LogP contribution in [0.3, 0.4) is 0 Å². The van der Waals surface area contributed by atoms with Crippen LogP contribution in [-0.4, -0.2) is 67.6 Å². The Morgan fingerprint density at radius 2 is 1.71 bits per heavy atom. The number of nitrogens with two attached hydrogens (primary N) is 1. The fourth-order valence-electron chi connectivity index (χ4n) is 3.02. The summed E-state index contributed by atoms with van der Waals surface area (Å²) in [4.78, 5) is 37.2. The molecule has 3 atom stereocenters. The van der Waals surface area contributed by atoms with Crippen LogP contribution in [0.2, 0.25) is 0 Å². The van der Waals surface area contributed by atoms with E-state index >= 15 is 0 Å². The van der Waals surface area contributed by atoms with Crippen molar-refractivity contribution in [2.45, 2.75) is 64.8 Å². The summed E-state index contributed by atoms with van der Waals surface area (Å²) in [5.74, 6) is -1.96. The van der Waals surface area contributed by atoms with Crippen LogP contribution in [0.4, 0.5) is 0 Å². The number of amidine groups is 1. The van der Waals surface area contributed by atoms with Gasteiger partial charge in [0.25, 0.3) is 0 Å². The third kappa shape index (κ3) is 10.8. The lowest BCUT2D eigenvalue weighted by Crippen LogP contribution is -2.57. The van der Waals surface area contributed by atoms with Crippen molar-refractivity contribution >= 4 is 33.6 Å². The molecule has 0 aliphatic rings. The minimum Gasteiger partial charge on any atom is -0.391 e. The zero-order chi connectivity index (χ0) is 26.6. The van der Waals surface area contributed by atoms with Crippen molar-refractivity contribution in [1.82, 2.24) is 20.7 Å². The number of hydrogen-bond donors (Lipinski definition) is 7. The molecule has 0 bridgehead atoms. The molecule has 3 amide bonds. The zero-order valence-corrected chi connectivity index (χ0v) is 21.1. The molecule has 35 heavy (non-hydrogen) atoms. The van der Waals surface area contributed by atoms with Crippen LogP contribution in [0.5, 0.6) is 0 Å². The number of benzene rings is 1. The second-order valence-electron chi connectivity index (χ2n) is 8.04. The summed E-state index contributed by atoms with van der Waals surface area (Å²) in [5.41, 5.74) is 6.69. The Hall–Kier alpha value is -3.03. The second-order valence-corrected chi connectivity index (χ2v) is 9.91. The summed E-state index contributed by atoms with van der Waals surface area (Å²) in [5, 5.41) is 25.2. The monoisotopic (exact) mass is 512 g/mol. The lowest BCUT2D eigenvalue weighted by Gasteiger charge is -2.24. The number of carbonyl (C=O) groups excluding carboxylic acids is 3. The molecule has 0 aromatic heterocycles. The number of nitrogens with one attached hydrogen (secondary N) is 5. The highest BCUT2D eigenvalue weighted by Crippen LogP contribution is 2.05. The Labute approximate surface area is 206 Å². The van der Waals surface area contributed by atoms with Gasteiger partial charge in [-0.3, -0.25) is 19.8 Å². The first kappa shape index (κ1) is 30.0. The van der Waals surface area contributed by atoms with Crippen LogP contribution in [0.25, 0.3) is 0 Å². The van der Waals surface area contributed by atoms with Gasteiger partial charge < -0.3 is 26.8 Å². The Bertz CT molecular complexity index is 981. The topological polar surface area (TPSA) is 204 Å². The number of amides is 3. The fraction of sp³-hybridized carbons (Fsp3) is 0.545. The van der Waals surface area contributed by atoms with Gasteiger partial charge in [0.05, 0.1) is 11.9 Å². The largest absolute Gasteiger partial charge is 0.391 e. The average Bonchev–Trinajstić information content (AvgIpc) is 2.80. The van der Waals surface area contributed by atoms with E-state index in [1.54, 1.807) is 38.1 Å². The Morgan fingerprint density at radius 3 is 2.23 bits per heavy atom. The molecule has 0 aliphatic heterocycles. The van der Waals surface area contributed by atoms with Crippen molar-refractivity contribution in [2.75, 3.05) is 12.3 Å². The molecule has 8 N–H and O–H groups in total. The van der Waals surface area contributed by atoms with E-state index in [0.717, 1.165) is 5.56 Å². The van der Waals surface area contributed by atoms with Gasteiger partial charge in [0.15, 0.2) is 0 Å². The number of nitrogen functional groups attached to an aromatic ring is 1. The predicted octanol–water partition coefficient (Wildman–Crippen LogP) is -0.933. The fourth-order valence-corrected chi connectivity index (χ4v) is 4.36. The van der Waals surface area contributed by atoms with Gasteiger partial charge in [-0.1, -0.05) is 38.1 Å². The molecule has 0 saturated carbocycles. The first-order valence-electron chi connectivity index (χ1n) is 11.4. The van der Waals surface area contributed by atoms with Gasteiger partial charge in [-0.25, -0.2) is 13.1 Å². The maximum atomic E-state index is 12.9. The van der Waals surface area contributed by atoms with Gasteiger partial charge in [-0.2, -0.15) is 0 Å². The molecule has 1 aromatic rings. The third-order valence-corrected chi connectivity index (χ3v) is 6.54. The van der Waals surface area contributed by atoms with E-state index < -0.39 is 40.0 Å². The highest BCUT2D eigenvalue weighted by atomic mass is 32.2. The standard InChI is InChI=1S/C22H36N6O6S/c1-4-12-35(33,34)28-19(14(3)29)22(32)27-17(10-11-25-18(30)5-2)21(31)26-13-15-6-8-16(9-7-15)20(23)24/h6-9,14,17,19,28-29H,4-5,10-13H2,1-3H3,(H3,23,24)(H,25,30)(H,26,31)(H,27,32)/t14?,17-,19+/m0/s1. The molecular formula is C22H36N6O6S. The number of aliphatic hydroxyl groups excluding tert-OH is 1. The van der Waals surface area contributed by atoms with Crippen molar-refractivity contribution in [3.05, 3.63) is 35.4 Å². The van der Waals surface area contributed by atoms with E-state index in [4.69, 9.17) is 11.1 Å². The summed E-state index contributed by atoms with van der Waals surface area (Å²) in [6.07, 6.45) is -0.743. The van der Waals surface area contributed by atoms with Crippen molar-refractivity contribution in [3.8, 4) is 0 Å². The molecule has 0 saturated heterocycles. The molecular weight excluding hydrogens is 476 g/mol. The maximum Gasteiger partial charge on any atom is 0.242 e. The first-order valence-corrected chi connectivity index (χ1v) is 13.0. The Balaban J connectivity index is 2.93. The van der Waals surface area contributed by atoms with Gasteiger partial charge in [0.2, 0.25) is 27.7 Å². The predicted molar refractivity (Wildman–Crippen MR) is 132 cm³/mol. The van der Waals surface area contributed by atoms with Crippen molar-refractivity contribution in [3.63, 3.8) is 0 Å². The molecule has 196 valence electrons. The molecule has 0 fully saturated rings. The molecule has 13 heteroatoms. The molecule has 12 nitrogen and oxygen atoms in total. The maximum absolute atomic E-state index is 12.9. The SMILES string of the molecule is CCCS(=O)(=O)N[C@@H](C(=O)N[C@@H](CCNC(=O)CC)C(=O)NCc1ccc(C(=N)N)cc1)C(C)O. The molecule has 0 radical (unpaired) electrons. The van der Waals surface area contributed by atoms with Crippen molar-refractivity contribution in [2.24, 2.45) is 5.73 Å². The molecule has 1 rings (SSSR count). The summed E-state index contributed by atoms with van der Waals surface area (Å²) >= 11 is 0. The minimum absolute atomic E-state index is 0.0425. The Morgan fingerprint density at radius 1 is 1.09 bits per heavy atom. The zero-order valence-electron chi connectivity index (χ0n) is 20.3. The van der Waals surface area contributed by atoms with Crippen LogP contribution >= 0.6 is 0 Å². The van der Waals surface area contributed by atoms with Crippen LogP contribution in [-0.2, 0) is 31.0 Å². The van der Waals surface area contributed by atoms with Gasteiger partial charge in [0.1, 0.15) is 17.9 Å². The van der Waals surface area contributed by atoms with E-state index in [1.165, 1.54) is 6.92 Å². The average molecular weight is 513 g/mol. The number of carbonyl (C=O) groups is 3. The number of hydrogen-bond acceptors (Lipinski definition) is 7. The van der Waals surface area contributed by atoms with Gasteiger partial charge in [0, 0.05) is 25.1 Å². The highest BCUT2D eigenvalue weighted by molar-refractivity contribution is 7.89. The lowest BCUT2D eigenvalue weighted by atomic mass is 10.1. The molecule has 1 unspecified atom stereocenters. The quantitative estimate of drug-likeness (QED) is 0.116. The summed E-state index contributed by atoms with van der Waals surface area (Å²) in [6.45, 7) is 4.82. The smallest absolute Gasteiger partial charge is 0.242 e. The van der Waals surface area contributed by atoms with Gasteiger partial charge >= 0.3 is 0 Å². The Kier molecular flexibility index (Phi) is 12.3. The summed E-state index contributed by atoms with van der Waals surface area (Å²) in [6, 6.07) is 4.06. The van der Waals surface area contributed by atoms with Crippen LogP contribution in [0, 0.1) is 5.41 Å². The van der Waals surface area contributed by atoms with E-state index in [2.05, 4.69) is 20.7 Å². The van der Waals surface area contributed by atoms with Gasteiger partial charge in [-0.05, 0) is 25.3 Å². The van der Waals surface area contributed by atoms with E-state index in [0.29, 0.717) is 12.0 Å². The molecule has 0 aliphatic carbocycles. The number of sulfonamides is 1. The first-order chi connectivity index (χ1) is 16.4. The van der Waals surface area contributed by atoms with E-state index in [-0.39, 0.29) is 43.4 Å². The molecule has 1 aromatic carbocycles. The summed E-state index contributed by atoms with van der Waals surface area (Å²) in [7, 11) is -3.82. The molecule has 0 spiro atoms. The molecule has 0 heterocycles.